The molecule has 3 rings (SSSR count). The van der Waals surface area contributed by atoms with Crippen molar-refractivity contribution in [3.8, 4) is 0 Å². The molecule has 1 aliphatic heterocycles. The van der Waals surface area contributed by atoms with Crippen molar-refractivity contribution in [2.24, 2.45) is 0 Å². The summed E-state index contributed by atoms with van der Waals surface area (Å²) >= 11 is 0.879. The minimum absolute atomic E-state index is 0.0241. The van der Waals surface area contributed by atoms with Gasteiger partial charge in [-0.15, -0.1) is 0 Å². The molecule has 8 heteroatoms. The molecule has 0 N–H and O–H groups in total. The molecule has 2 amide bonds. The highest BCUT2D eigenvalue weighted by Gasteiger charge is 2.35. The number of anilines is 1. The van der Waals surface area contributed by atoms with Crippen molar-refractivity contribution in [3.05, 3.63) is 58.4 Å². The molecule has 0 aliphatic carbocycles. The Morgan fingerprint density at radius 1 is 1.19 bits per heavy atom. The van der Waals surface area contributed by atoms with Gasteiger partial charge in [0.15, 0.2) is 0 Å². The first-order valence-electron chi connectivity index (χ1n) is 8.09. The molecular formula is C19H18N2O5S. The van der Waals surface area contributed by atoms with Crippen LogP contribution >= 0.6 is 11.8 Å². The summed E-state index contributed by atoms with van der Waals surface area (Å²) in [6.07, 6.45) is 1.69. The van der Waals surface area contributed by atoms with Crippen molar-refractivity contribution in [3.63, 3.8) is 0 Å². The number of ether oxygens (including phenoxy) is 1. The number of methoxy groups -OCH3 is 1. The zero-order valence-electron chi connectivity index (χ0n) is 15.1. The number of rotatable bonds is 5. The number of thioether (sulfide) groups is 1. The predicted molar refractivity (Wildman–Crippen MR) is 102 cm³/mol. The van der Waals surface area contributed by atoms with Gasteiger partial charge in [-0.2, -0.15) is 0 Å². The Labute approximate surface area is 160 Å². The van der Waals surface area contributed by atoms with Crippen LogP contribution in [0.3, 0.4) is 0 Å². The number of imide groups is 1. The number of carbonyl (C=O) groups excluding carboxylic acids is 3. The molecule has 1 fully saturated rings. The summed E-state index contributed by atoms with van der Waals surface area (Å²) in [5, 5.41) is -0.382. The second-order valence-electron chi connectivity index (χ2n) is 6.01. The van der Waals surface area contributed by atoms with E-state index in [1.807, 2.05) is 43.3 Å². The summed E-state index contributed by atoms with van der Waals surface area (Å²) in [7, 11) is 5.14. The largest absolute Gasteiger partial charge is 0.463 e. The molecule has 2 heterocycles. The van der Waals surface area contributed by atoms with Crippen LogP contribution in [-0.4, -0.2) is 43.2 Å². The van der Waals surface area contributed by atoms with E-state index in [0.717, 1.165) is 27.9 Å². The van der Waals surface area contributed by atoms with Gasteiger partial charge < -0.3 is 14.1 Å². The molecule has 27 heavy (non-hydrogen) atoms. The maximum atomic E-state index is 12.6. The van der Waals surface area contributed by atoms with Gasteiger partial charge in [0.25, 0.3) is 11.1 Å². The lowest BCUT2D eigenvalue weighted by Crippen LogP contribution is -2.27. The smallest absolute Gasteiger partial charge is 0.373 e. The Morgan fingerprint density at radius 2 is 1.89 bits per heavy atom. The zero-order chi connectivity index (χ0) is 19.6. The van der Waals surface area contributed by atoms with Crippen LogP contribution in [0.2, 0.25) is 0 Å². The standard InChI is InChI=1S/C19H18N2O5S/c1-20(2)13-6-4-12(5-7-13)10-16-17(22)21(19(24)27-16)11-14-8-9-15(26-14)18(23)25-3/h4-10H,11H2,1-3H3/b16-10+. The third-order valence-corrected chi connectivity index (χ3v) is 4.85. The molecule has 1 aliphatic rings. The predicted octanol–water partition coefficient (Wildman–Crippen LogP) is 3.37. The first kappa shape index (κ1) is 18.8. The van der Waals surface area contributed by atoms with Crippen LogP contribution in [0, 0.1) is 0 Å². The first-order chi connectivity index (χ1) is 12.9. The fraction of sp³-hybridized carbons (Fsp3) is 0.211. The number of amides is 2. The van der Waals surface area contributed by atoms with E-state index in [9.17, 15) is 14.4 Å². The Balaban J connectivity index is 1.74. The lowest BCUT2D eigenvalue weighted by molar-refractivity contribution is -0.123. The van der Waals surface area contributed by atoms with Gasteiger partial charge in [0.2, 0.25) is 5.76 Å². The van der Waals surface area contributed by atoms with E-state index in [-0.39, 0.29) is 17.5 Å². The first-order valence-corrected chi connectivity index (χ1v) is 8.90. The minimum Gasteiger partial charge on any atom is -0.463 e. The third-order valence-electron chi connectivity index (χ3n) is 3.94. The van der Waals surface area contributed by atoms with E-state index < -0.39 is 11.9 Å². The van der Waals surface area contributed by atoms with Gasteiger partial charge >= 0.3 is 5.97 Å². The Bertz CT molecular complexity index is 914. The molecule has 0 saturated carbocycles. The quantitative estimate of drug-likeness (QED) is 0.576. The Kier molecular flexibility index (Phi) is 5.36. The van der Waals surface area contributed by atoms with Gasteiger partial charge in [-0.05, 0) is 47.7 Å². The highest BCUT2D eigenvalue weighted by molar-refractivity contribution is 8.18. The number of hydrogen-bond acceptors (Lipinski definition) is 7. The molecule has 1 aromatic heterocycles. The van der Waals surface area contributed by atoms with Gasteiger partial charge in [-0.1, -0.05) is 12.1 Å². The number of benzene rings is 1. The van der Waals surface area contributed by atoms with E-state index in [1.54, 1.807) is 12.1 Å². The normalized spacial score (nSPS) is 15.5. The summed E-state index contributed by atoms with van der Waals surface area (Å²) in [5.74, 6) is -0.653. The maximum absolute atomic E-state index is 12.6. The fourth-order valence-corrected chi connectivity index (χ4v) is 3.32. The van der Waals surface area contributed by atoms with Gasteiger partial charge in [0.1, 0.15) is 5.76 Å². The average molecular weight is 386 g/mol. The molecule has 0 radical (unpaired) electrons. The minimum atomic E-state index is -0.614. The molecule has 140 valence electrons. The highest BCUT2D eigenvalue weighted by Crippen LogP contribution is 2.33. The van der Waals surface area contributed by atoms with Gasteiger partial charge in [0.05, 0.1) is 18.6 Å². The van der Waals surface area contributed by atoms with Crippen molar-refractivity contribution in [1.29, 1.82) is 0 Å². The molecule has 0 atom stereocenters. The second kappa shape index (κ2) is 7.71. The summed E-state index contributed by atoms with van der Waals surface area (Å²) in [6.45, 7) is -0.0431. The van der Waals surface area contributed by atoms with Gasteiger partial charge in [-0.25, -0.2) is 4.79 Å². The monoisotopic (exact) mass is 386 g/mol. The molecule has 7 nitrogen and oxygen atoms in total. The van der Waals surface area contributed by atoms with Crippen LogP contribution in [0.15, 0.2) is 45.7 Å². The molecule has 1 saturated heterocycles. The zero-order valence-corrected chi connectivity index (χ0v) is 15.9. The van der Waals surface area contributed by atoms with E-state index in [0.29, 0.717) is 10.7 Å². The molecule has 0 unspecified atom stereocenters. The molecular weight excluding hydrogens is 368 g/mol. The third kappa shape index (κ3) is 4.06. The van der Waals surface area contributed by atoms with Crippen LogP contribution in [-0.2, 0) is 16.1 Å². The number of nitrogens with zero attached hydrogens (tertiary/aromatic N) is 2. The average Bonchev–Trinajstić information content (AvgIpc) is 3.22. The SMILES string of the molecule is COC(=O)c1ccc(CN2C(=O)S/C(=C/c3ccc(N(C)C)cc3)C2=O)o1. The van der Waals surface area contributed by atoms with Crippen LogP contribution in [0.5, 0.6) is 0 Å². The summed E-state index contributed by atoms with van der Waals surface area (Å²) < 4.78 is 9.90. The van der Waals surface area contributed by atoms with Gasteiger partial charge in [-0.3, -0.25) is 14.5 Å². The lowest BCUT2D eigenvalue weighted by Gasteiger charge is -2.12. The summed E-state index contributed by atoms with van der Waals surface area (Å²) in [6, 6.07) is 10.6. The van der Waals surface area contributed by atoms with Crippen molar-refractivity contribution < 1.29 is 23.5 Å². The van der Waals surface area contributed by atoms with E-state index in [2.05, 4.69) is 4.74 Å². The number of furan rings is 1. The highest BCUT2D eigenvalue weighted by atomic mass is 32.2. The van der Waals surface area contributed by atoms with Gasteiger partial charge in [0, 0.05) is 19.8 Å². The molecule has 0 bridgehead atoms. The van der Waals surface area contributed by atoms with E-state index in [1.165, 1.54) is 13.2 Å². The lowest BCUT2D eigenvalue weighted by atomic mass is 10.2. The van der Waals surface area contributed by atoms with Crippen LogP contribution < -0.4 is 4.90 Å². The van der Waals surface area contributed by atoms with Crippen molar-refractivity contribution >= 4 is 40.6 Å². The topological polar surface area (TPSA) is 80.1 Å². The molecule has 0 spiro atoms. The van der Waals surface area contributed by atoms with E-state index in [4.69, 9.17) is 4.42 Å². The number of esters is 1. The van der Waals surface area contributed by atoms with Crippen LogP contribution in [0.4, 0.5) is 10.5 Å². The second-order valence-corrected chi connectivity index (χ2v) is 7.00. The van der Waals surface area contributed by atoms with Crippen LogP contribution in [0.25, 0.3) is 6.08 Å². The van der Waals surface area contributed by atoms with Crippen molar-refractivity contribution in [2.75, 3.05) is 26.1 Å². The van der Waals surface area contributed by atoms with Crippen molar-refractivity contribution in [2.45, 2.75) is 6.54 Å². The number of hydrogen-bond donors (Lipinski definition) is 0. The summed E-state index contributed by atoms with van der Waals surface area (Å²) in [5.41, 5.74) is 1.87. The molecule has 2 aromatic rings. The number of carbonyl (C=O) groups is 3. The summed E-state index contributed by atoms with van der Waals surface area (Å²) in [4.78, 5) is 39.6. The van der Waals surface area contributed by atoms with Crippen LogP contribution in [0.1, 0.15) is 21.9 Å². The maximum Gasteiger partial charge on any atom is 0.373 e. The molecule has 1 aromatic carbocycles. The van der Waals surface area contributed by atoms with Crippen molar-refractivity contribution in [1.82, 2.24) is 4.90 Å². The Hall–Kier alpha value is -3.00. The van der Waals surface area contributed by atoms with E-state index >= 15 is 0 Å². The Morgan fingerprint density at radius 3 is 2.52 bits per heavy atom. The fourth-order valence-electron chi connectivity index (χ4n) is 2.49.